The predicted molar refractivity (Wildman–Crippen MR) is 74.8 cm³/mol. The van der Waals surface area contributed by atoms with Gasteiger partial charge in [-0.25, -0.2) is 0 Å². The van der Waals surface area contributed by atoms with Crippen molar-refractivity contribution in [3.8, 4) is 6.07 Å². The molecule has 0 spiro atoms. The van der Waals surface area contributed by atoms with Crippen LogP contribution in [0.5, 0.6) is 0 Å². The highest BCUT2D eigenvalue weighted by atomic mass is 79.9. The van der Waals surface area contributed by atoms with E-state index in [0.29, 0.717) is 21.4 Å². The summed E-state index contributed by atoms with van der Waals surface area (Å²) in [5.41, 5.74) is 2.39. The zero-order valence-electron chi connectivity index (χ0n) is 10.4. The molecule has 0 fully saturated rings. The van der Waals surface area contributed by atoms with Crippen molar-refractivity contribution in [1.29, 1.82) is 5.26 Å². The second-order valence-electron chi connectivity index (χ2n) is 4.01. The van der Waals surface area contributed by atoms with Crippen LogP contribution in [0, 0.1) is 18.3 Å². The summed E-state index contributed by atoms with van der Waals surface area (Å²) in [5.74, 6) is -0.291. The smallest absolute Gasteiger partial charge is 0.277 e. The van der Waals surface area contributed by atoms with Crippen molar-refractivity contribution in [1.82, 2.24) is 9.78 Å². The van der Waals surface area contributed by atoms with Gasteiger partial charge < -0.3 is 5.32 Å². The number of carbonyl (C=O) groups excluding carboxylic acids is 1. The molecule has 1 N–H and O–H groups in total. The van der Waals surface area contributed by atoms with Crippen LogP contribution in [0.2, 0.25) is 0 Å². The van der Waals surface area contributed by atoms with Crippen LogP contribution in [0.3, 0.4) is 0 Å². The zero-order valence-corrected chi connectivity index (χ0v) is 12.0. The van der Waals surface area contributed by atoms with E-state index in [9.17, 15) is 4.79 Å². The topological polar surface area (TPSA) is 70.7 Å². The summed E-state index contributed by atoms with van der Waals surface area (Å²) in [4.78, 5) is 12.1. The molecule has 0 radical (unpaired) electrons. The van der Waals surface area contributed by atoms with E-state index in [-0.39, 0.29) is 5.91 Å². The Bertz CT molecular complexity index is 667. The Morgan fingerprint density at radius 2 is 2.05 bits per heavy atom. The van der Waals surface area contributed by atoms with E-state index in [1.165, 1.54) is 0 Å². The van der Waals surface area contributed by atoms with Crippen LogP contribution in [-0.2, 0) is 7.05 Å². The van der Waals surface area contributed by atoms with Gasteiger partial charge in [0.25, 0.3) is 5.91 Å². The van der Waals surface area contributed by atoms with Gasteiger partial charge in [-0.2, -0.15) is 10.4 Å². The number of benzene rings is 1. The van der Waals surface area contributed by atoms with E-state index in [1.807, 2.05) is 13.0 Å². The Kier molecular flexibility index (Phi) is 3.67. The maximum atomic E-state index is 12.1. The van der Waals surface area contributed by atoms with Crippen molar-refractivity contribution < 1.29 is 4.79 Å². The summed E-state index contributed by atoms with van der Waals surface area (Å²) in [5, 5.41) is 15.6. The van der Waals surface area contributed by atoms with Crippen LogP contribution in [0.25, 0.3) is 0 Å². The molecular formula is C13H11BrN4O. The van der Waals surface area contributed by atoms with E-state index in [4.69, 9.17) is 5.26 Å². The highest BCUT2D eigenvalue weighted by Gasteiger charge is 2.17. The number of halogens is 1. The molecule has 0 saturated heterocycles. The first kappa shape index (κ1) is 13.3. The van der Waals surface area contributed by atoms with Crippen LogP contribution in [0.4, 0.5) is 5.69 Å². The second-order valence-corrected chi connectivity index (χ2v) is 4.81. The normalized spacial score (nSPS) is 10.0. The van der Waals surface area contributed by atoms with Crippen molar-refractivity contribution in [2.24, 2.45) is 7.05 Å². The summed E-state index contributed by atoms with van der Waals surface area (Å²) in [6.07, 6.45) is 0. The van der Waals surface area contributed by atoms with Crippen LogP contribution in [0.1, 0.15) is 21.7 Å². The summed E-state index contributed by atoms with van der Waals surface area (Å²) >= 11 is 3.35. The van der Waals surface area contributed by atoms with E-state index in [2.05, 4.69) is 26.3 Å². The molecule has 0 aliphatic rings. The lowest BCUT2D eigenvalue weighted by atomic mass is 10.2. The maximum Gasteiger partial charge on any atom is 0.277 e. The first-order chi connectivity index (χ1) is 9.02. The standard InChI is InChI=1S/C13H11BrN4O/c1-8-11(14)12(17-18(8)2)13(19)16-10-5-3-9(7-15)4-6-10/h3-6H,1-2H3,(H,16,19). The van der Waals surface area contributed by atoms with Gasteiger partial charge in [0.05, 0.1) is 21.8 Å². The number of amides is 1. The number of nitrogens with one attached hydrogen (secondary N) is 1. The van der Waals surface area contributed by atoms with E-state index in [1.54, 1.807) is 36.0 Å². The number of hydrogen-bond acceptors (Lipinski definition) is 3. The lowest BCUT2D eigenvalue weighted by Crippen LogP contribution is -2.13. The van der Waals surface area contributed by atoms with Gasteiger partial charge in [-0.15, -0.1) is 0 Å². The fourth-order valence-corrected chi connectivity index (χ4v) is 2.06. The minimum atomic E-state index is -0.291. The van der Waals surface area contributed by atoms with Crippen molar-refractivity contribution in [3.05, 3.63) is 45.7 Å². The molecule has 1 aromatic carbocycles. The molecule has 0 bridgehead atoms. The van der Waals surface area contributed by atoms with Gasteiger partial charge in [0.1, 0.15) is 0 Å². The average Bonchev–Trinajstić information content (AvgIpc) is 2.67. The van der Waals surface area contributed by atoms with Gasteiger partial charge in [-0.3, -0.25) is 9.48 Å². The first-order valence-electron chi connectivity index (χ1n) is 5.53. The SMILES string of the molecule is Cc1c(Br)c(C(=O)Nc2ccc(C#N)cc2)nn1C. The van der Waals surface area contributed by atoms with Gasteiger partial charge in [0.2, 0.25) is 0 Å². The molecule has 5 nitrogen and oxygen atoms in total. The van der Waals surface area contributed by atoms with Gasteiger partial charge in [-0.05, 0) is 47.1 Å². The molecule has 2 aromatic rings. The number of nitrogens with zero attached hydrogens (tertiary/aromatic N) is 3. The van der Waals surface area contributed by atoms with Gasteiger partial charge in [0, 0.05) is 12.7 Å². The monoisotopic (exact) mass is 318 g/mol. The number of carbonyl (C=O) groups is 1. The highest BCUT2D eigenvalue weighted by molar-refractivity contribution is 9.10. The fraction of sp³-hybridized carbons (Fsp3) is 0.154. The third-order valence-corrected chi connectivity index (χ3v) is 3.70. The minimum Gasteiger partial charge on any atom is -0.321 e. The zero-order chi connectivity index (χ0) is 14.0. The summed E-state index contributed by atoms with van der Waals surface area (Å²) in [6.45, 7) is 1.87. The van der Waals surface area contributed by atoms with E-state index >= 15 is 0 Å². The molecule has 6 heteroatoms. The molecule has 1 heterocycles. The molecule has 0 aliphatic heterocycles. The maximum absolute atomic E-state index is 12.1. The number of nitriles is 1. The summed E-state index contributed by atoms with van der Waals surface area (Å²) in [7, 11) is 1.78. The Labute approximate surface area is 119 Å². The quantitative estimate of drug-likeness (QED) is 0.925. The number of aryl methyl sites for hydroxylation is 1. The van der Waals surface area contributed by atoms with Crippen LogP contribution >= 0.6 is 15.9 Å². The molecule has 0 atom stereocenters. The molecule has 0 unspecified atom stereocenters. The van der Waals surface area contributed by atoms with Crippen molar-refractivity contribution in [2.75, 3.05) is 5.32 Å². The van der Waals surface area contributed by atoms with Crippen molar-refractivity contribution in [2.45, 2.75) is 6.92 Å². The number of hydrogen-bond donors (Lipinski definition) is 1. The molecule has 96 valence electrons. The largest absolute Gasteiger partial charge is 0.321 e. The molecule has 19 heavy (non-hydrogen) atoms. The number of rotatable bonds is 2. The third-order valence-electron chi connectivity index (χ3n) is 2.75. The van der Waals surface area contributed by atoms with E-state index in [0.717, 1.165) is 5.69 Å². The molecule has 1 amide bonds. The van der Waals surface area contributed by atoms with Gasteiger partial charge >= 0.3 is 0 Å². The van der Waals surface area contributed by atoms with Gasteiger partial charge in [-0.1, -0.05) is 0 Å². The highest BCUT2D eigenvalue weighted by Crippen LogP contribution is 2.21. The molecule has 0 aliphatic carbocycles. The molecule has 0 saturated carbocycles. The minimum absolute atomic E-state index is 0.291. The number of anilines is 1. The van der Waals surface area contributed by atoms with Gasteiger partial charge in [0.15, 0.2) is 5.69 Å². The lowest BCUT2D eigenvalue weighted by molar-refractivity contribution is 0.102. The Morgan fingerprint density at radius 3 is 2.53 bits per heavy atom. The number of aromatic nitrogens is 2. The third kappa shape index (κ3) is 2.66. The summed E-state index contributed by atoms with van der Waals surface area (Å²) < 4.78 is 2.32. The summed E-state index contributed by atoms with van der Waals surface area (Å²) in [6, 6.07) is 8.68. The second kappa shape index (κ2) is 5.24. The Balaban J connectivity index is 2.21. The lowest BCUT2D eigenvalue weighted by Gasteiger charge is -2.03. The van der Waals surface area contributed by atoms with Crippen LogP contribution in [-0.4, -0.2) is 15.7 Å². The average molecular weight is 319 g/mol. The van der Waals surface area contributed by atoms with Crippen LogP contribution in [0.15, 0.2) is 28.7 Å². The van der Waals surface area contributed by atoms with Crippen molar-refractivity contribution >= 4 is 27.5 Å². The fourth-order valence-electron chi connectivity index (χ4n) is 1.55. The first-order valence-corrected chi connectivity index (χ1v) is 6.33. The molecular weight excluding hydrogens is 308 g/mol. The van der Waals surface area contributed by atoms with E-state index < -0.39 is 0 Å². The molecule has 2 rings (SSSR count). The predicted octanol–water partition coefficient (Wildman–Crippen LogP) is 2.62. The van der Waals surface area contributed by atoms with Crippen molar-refractivity contribution in [3.63, 3.8) is 0 Å². The molecule has 1 aromatic heterocycles. The Morgan fingerprint density at radius 1 is 1.42 bits per heavy atom. The Hall–Kier alpha value is -2.13. The van der Waals surface area contributed by atoms with Crippen LogP contribution < -0.4 is 5.32 Å².